The van der Waals surface area contributed by atoms with Crippen molar-refractivity contribution in [3.05, 3.63) is 22.5 Å². The smallest absolute Gasteiger partial charge is 0.253 e. The minimum absolute atomic E-state index is 0.136. The van der Waals surface area contributed by atoms with Crippen molar-refractivity contribution in [3.63, 3.8) is 0 Å². The second kappa shape index (κ2) is 5.82. The van der Waals surface area contributed by atoms with Gasteiger partial charge < -0.3 is 15.2 Å². The molecule has 0 saturated carbocycles. The Bertz CT molecular complexity index is 449. The van der Waals surface area contributed by atoms with Gasteiger partial charge in [-0.05, 0) is 40.4 Å². The van der Waals surface area contributed by atoms with Crippen LogP contribution in [0.4, 0.5) is 0 Å². The molecule has 0 bridgehead atoms. The number of carbonyl (C=O) groups excluding carboxylic acids is 2. The highest BCUT2D eigenvalue weighted by Crippen LogP contribution is 2.16. The first kappa shape index (κ1) is 14.4. The van der Waals surface area contributed by atoms with E-state index < -0.39 is 0 Å². The maximum absolute atomic E-state index is 12.1. The zero-order chi connectivity index (χ0) is 13.9. The monoisotopic (exact) mass is 251 g/mol. The quantitative estimate of drug-likeness (QED) is 0.771. The summed E-state index contributed by atoms with van der Waals surface area (Å²) in [6.45, 7) is 6.18. The maximum Gasteiger partial charge on any atom is 0.253 e. The minimum Gasteiger partial charge on any atom is -0.356 e. The van der Waals surface area contributed by atoms with E-state index in [4.69, 9.17) is 0 Å². The van der Waals surface area contributed by atoms with Gasteiger partial charge in [0.25, 0.3) is 5.91 Å². The molecule has 0 fully saturated rings. The van der Waals surface area contributed by atoms with Crippen LogP contribution < -0.4 is 5.32 Å². The molecule has 1 aromatic heterocycles. The Balaban J connectivity index is 2.79. The summed E-state index contributed by atoms with van der Waals surface area (Å²) in [5.74, 6) is -0.136. The van der Waals surface area contributed by atoms with Gasteiger partial charge in [0.05, 0.1) is 11.3 Å². The van der Waals surface area contributed by atoms with Crippen molar-refractivity contribution >= 4 is 12.2 Å². The Morgan fingerprint density at radius 2 is 2.06 bits per heavy atom. The molecule has 1 heterocycles. The number of aldehydes is 1. The lowest BCUT2D eigenvalue weighted by Gasteiger charge is -2.20. The van der Waals surface area contributed by atoms with Gasteiger partial charge in [-0.2, -0.15) is 0 Å². The molecule has 5 heteroatoms. The summed E-state index contributed by atoms with van der Waals surface area (Å²) >= 11 is 0. The minimum atomic E-state index is -0.136. The molecule has 2 N–H and O–H groups in total. The molecule has 0 aromatic carbocycles. The summed E-state index contributed by atoms with van der Waals surface area (Å²) in [6, 6.07) is 0.263. The highest BCUT2D eigenvalue weighted by molar-refractivity contribution is 5.99. The largest absolute Gasteiger partial charge is 0.356 e. The molecule has 0 saturated heterocycles. The van der Waals surface area contributed by atoms with Gasteiger partial charge in [-0.3, -0.25) is 9.59 Å². The van der Waals surface area contributed by atoms with Gasteiger partial charge in [0.1, 0.15) is 0 Å². The predicted octanol–water partition coefficient (Wildman–Crippen LogP) is 1.12. The number of H-pyrrole nitrogens is 1. The fourth-order valence-corrected chi connectivity index (χ4v) is 1.74. The lowest BCUT2D eigenvalue weighted by atomic mass is 10.1. The molecule has 100 valence electrons. The molecule has 1 unspecified atom stereocenters. The molecule has 0 aliphatic rings. The molecule has 1 rings (SSSR count). The topological polar surface area (TPSA) is 65.2 Å². The van der Waals surface area contributed by atoms with Crippen LogP contribution in [0.25, 0.3) is 0 Å². The van der Waals surface area contributed by atoms with Crippen LogP contribution in [-0.2, 0) is 0 Å². The third-order valence-electron chi connectivity index (χ3n) is 3.26. The Kier molecular flexibility index (Phi) is 4.67. The number of likely N-dealkylation sites (N-methyl/N-ethyl adjacent to an activating group) is 1. The second-order valence-corrected chi connectivity index (χ2v) is 4.80. The normalized spacial score (nSPS) is 12.6. The molecule has 5 nitrogen and oxygen atoms in total. The summed E-state index contributed by atoms with van der Waals surface area (Å²) in [5, 5.41) is 2.88. The maximum atomic E-state index is 12.1. The van der Waals surface area contributed by atoms with Gasteiger partial charge in [0.2, 0.25) is 0 Å². The molecule has 18 heavy (non-hydrogen) atoms. The van der Waals surface area contributed by atoms with E-state index in [1.807, 2.05) is 25.9 Å². The summed E-state index contributed by atoms with van der Waals surface area (Å²) in [6.07, 6.45) is 0.738. The van der Waals surface area contributed by atoms with Gasteiger partial charge in [-0.1, -0.05) is 0 Å². The predicted molar refractivity (Wildman–Crippen MR) is 71.1 cm³/mol. The number of rotatable bonds is 5. The van der Waals surface area contributed by atoms with Gasteiger partial charge in [0, 0.05) is 18.3 Å². The molecule has 0 aliphatic carbocycles. The number of aryl methyl sites for hydroxylation is 1. The van der Waals surface area contributed by atoms with E-state index in [2.05, 4.69) is 10.3 Å². The van der Waals surface area contributed by atoms with Crippen LogP contribution in [0, 0.1) is 13.8 Å². The van der Waals surface area contributed by atoms with Crippen LogP contribution in [0.5, 0.6) is 0 Å². The van der Waals surface area contributed by atoms with E-state index in [0.717, 1.165) is 12.0 Å². The van der Waals surface area contributed by atoms with Gasteiger partial charge in [0.15, 0.2) is 6.29 Å². The number of hydrogen-bond acceptors (Lipinski definition) is 3. The molecular formula is C13H21N3O2. The summed E-state index contributed by atoms with van der Waals surface area (Å²) in [7, 11) is 3.93. The first-order valence-corrected chi connectivity index (χ1v) is 5.97. The Morgan fingerprint density at radius 1 is 1.44 bits per heavy atom. The van der Waals surface area contributed by atoms with Crippen LogP contribution in [0.15, 0.2) is 0 Å². The SMILES string of the molecule is Cc1[nH]c(C=O)c(C)c1C(=O)NCC(C)N(C)C. The number of aromatic nitrogens is 1. The zero-order valence-electron chi connectivity index (χ0n) is 11.6. The van der Waals surface area contributed by atoms with E-state index in [-0.39, 0.29) is 11.9 Å². The van der Waals surface area contributed by atoms with Crippen molar-refractivity contribution in [2.45, 2.75) is 26.8 Å². The lowest BCUT2D eigenvalue weighted by molar-refractivity contribution is 0.0942. The van der Waals surface area contributed by atoms with Crippen LogP contribution in [0.3, 0.4) is 0 Å². The zero-order valence-corrected chi connectivity index (χ0v) is 11.6. The standard InChI is InChI=1S/C13H21N3O2/c1-8(16(4)5)6-14-13(18)12-9(2)11(7-17)15-10(12)3/h7-8,15H,6H2,1-5H3,(H,14,18). The van der Waals surface area contributed by atoms with Crippen molar-refractivity contribution in [2.24, 2.45) is 0 Å². The van der Waals surface area contributed by atoms with Crippen molar-refractivity contribution in [2.75, 3.05) is 20.6 Å². The van der Waals surface area contributed by atoms with Crippen molar-refractivity contribution in [1.29, 1.82) is 0 Å². The van der Waals surface area contributed by atoms with E-state index >= 15 is 0 Å². The fourth-order valence-electron chi connectivity index (χ4n) is 1.74. The Labute approximate surface area is 108 Å². The summed E-state index contributed by atoms with van der Waals surface area (Å²) in [4.78, 5) is 27.8. The highest BCUT2D eigenvalue weighted by Gasteiger charge is 2.18. The van der Waals surface area contributed by atoms with Crippen LogP contribution in [0.2, 0.25) is 0 Å². The van der Waals surface area contributed by atoms with Crippen molar-refractivity contribution < 1.29 is 9.59 Å². The first-order valence-electron chi connectivity index (χ1n) is 5.97. The Hall–Kier alpha value is -1.62. The third kappa shape index (κ3) is 2.98. The van der Waals surface area contributed by atoms with Crippen LogP contribution in [0.1, 0.15) is 39.0 Å². The van der Waals surface area contributed by atoms with Crippen molar-refractivity contribution in [1.82, 2.24) is 15.2 Å². The third-order valence-corrected chi connectivity index (χ3v) is 3.26. The fraction of sp³-hybridized carbons (Fsp3) is 0.538. The summed E-state index contributed by atoms with van der Waals surface area (Å²) < 4.78 is 0. The number of hydrogen-bond donors (Lipinski definition) is 2. The Morgan fingerprint density at radius 3 is 2.50 bits per heavy atom. The van der Waals surface area contributed by atoms with Crippen LogP contribution >= 0.6 is 0 Å². The van der Waals surface area contributed by atoms with Gasteiger partial charge in [-0.15, -0.1) is 0 Å². The molecule has 0 spiro atoms. The first-order chi connectivity index (χ1) is 8.38. The number of aromatic amines is 1. The molecule has 0 aliphatic heterocycles. The van der Waals surface area contributed by atoms with Crippen molar-refractivity contribution in [3.8, 4) is 0 Å². The molecule has 1 atom stereocenters. The van der Waals surface area contributed by atoms with Gasteiger partial charge >= 0.3 is 0 Å². The van der Waals surface area contributed by atoms with E-state index in [1.54, 1.807) is 13.8 Å². The van der Waals surface area contributed by atoms with E-state index in [1.165, 1.54) is 0 Å². The molecular weight excluding hydrogens is 230 g/mol. The second-order valence-electron chi connectivity index (χ2n) is 4.80. The lowest BCUT2D eigenvalue weighted by Crippen LogP contribution is -2.38. The average Bonchev–Trinajstić information content (AvgIpc) is 2.60. The summed E-state index contributed by atoms with van der Waals surface area (Å²) in [5.41, 5.74) is 2.48. The number of nitrogens with zero attached hydrogens (tertiary/aromatic N) is 1. The molecule has 1 amide bonds. The van der Waals surface area contributed by atoms with Crippen LogP contribution in [-0.4, -0.2) is 48.8 Å². The van der Waals surface area contributed by atoms with Gasteiger partial charge in [-0.25, -0.2) is 0 Å². The molecule has 1 aromatic rings. The number of carbonyl (C=O) groups is 2. The highest BCUT2D eigenvalue weighted by atomic mass is 16.1. The number of nitrogens with one attached hydrogen (secondary N) is 2. The van der Waals surface area contributed by atoms with E-state index in [0.29, 0.717) is 23.4 Å². The number of amides is 1. The van der Waals surface area contributed by atoms with E-state index in [9.17, 15) is 9.59 Å². The molecule has 0 radical (unpaired) electrons. The average molecular weight is 251 g/mol.